The highest BCUT2D eigenvalue weighted by Gasteiger charge is 2.16. The number of carbonyl (C=O) groups is 1. The number of hydrogen-bond donors (Lipinski definition) is 1. The Kier molecular flexibility index (Phi) is 5.09. The van der Waals surface area contributed by atoms with Crippen LogP contribution in [0.3, 0.4) is 0 Å². The summed E-state index contributed by atoms with van der Waals surface area (Å²) in [5, 5.41) is 9.61. The SMILES string of the molecule is CCc1ccc(-c2nc(C)c(C(C)OCC(=O)O)s2)cc1. The lowest BCUT2D eigenvalue weighted by Gasteiger charge is -2.09. The van der Waals surface area contributed by atoms with Gasteiger partial charge in [0.05, 0.1) is 16.7 Å². The number of thiazole rings is 1. The zero-order chi connectivity index (χ0) is 15.4. The number of nitrogens with zero attached hydrogens (tertiary/aromatic N) is 1. The molecular weight excluding hydrogens is 286 g/mol. The second kappa shape index (κ2) is 6.83. The number of aliphatic carboxylic acids is 1. The second-order valence-electron chi connectivity index (χ2n) is 4.87. The van der Waals surface area contributed by atoms with Gasteiger partial charge in [-0.2, -0.15) is 0 Å². The lowest BCUT2D eigenvalue weighted by Crippen LogP contribution is -2.09. The molecule has 0 bridgehead atoms. The highest BCUT2D eigenvalue weighted by Crippen LogP contribution is 2.33. The van der Waals surface area contributed by atoms with Crippen LogP contribution in [0.5, 0.6) is 0 Å². The van der Waals surface area contributed by atoms with E-state index in [1.807, 2.05) is 13.8 Å². The van der Waals surface area contributed by atoms with Crippen LogP contribution in [-0.4, -0.2) is 22.7 Å². The maximum absolute atomic E-state index is 10.6. The molecule has 0 radical (unpaired) electrons. The monoisotopic (exact) mass is 305 g/mol. The summed E-state index contributed by atoms with van der Waals surface area (Å²) in [7, 11) is 0. The van der Waals surface area contributed by atoms with Crippen LogP contribution in [0.4, 0.5) is 0 Å². The molecule has 112 valence electrons. The molecule has 4 nitrogen and oxygen atoms in total. The average molecular weight is 305 g/mol. The van der Waals surface area contributed by atoms with Crippen molar-refractivity contribution in [3.63, 3.8) is 0 Å². The lowest BCUT2D eigenvalue weighted by atomic mass is 10.1. The summed E-state index contributed by atoms with van der Waals surface area (Å²) in [6, 6.07) is 8.36. The van der Waals surface area contributed by atoms with Gasteiger partial charge in [-0.25, -0.2) is 9.78 Å². The van der Waals surface area contributed by atoms with Crippen molar-refractivity contribution in [3.05, 3.63) is 40.4 Å². The molecule has 0 saturated heterocycles. The van der Waals surface area contributed by atoms with Crippen molar-refractivity contribution in [1.82, 2.24) is 4.98 Å². The molecule has 5 heteroatoms. The summed E-state index contributed by atoms with van der Waals surface area (Å²) in [6.45, 7) is 5.62. The molecule has 1 unspecified atom stereocenters. The molecule has 1 heterocycles. The number of rotatable bonds is 6. The van der Waals surface area contributed by atoms with Crippen molar-refractivity contribution in [3.8, 4) is 10.6 Å². The number of benzene rings is 1. The number of aromatic nitrogens is 1. The van der Waals surface area contributed by atoms with Gasteiger partial charge in [-0.1, -0.05) is 31.2 Å². The maximum atomic E-state index is 10.6. The van der Waals surface area contributed by atoms with Crippen molar-refractivity contribution in [1.29, 1.82) is 0 Å². The van der Waals surface area contributed by atoms with Crippen LogP contribution in [0.15, 0.2) is 24.3 Å². The molecule has 0 amide bonds. The Balaban J connectivity index is 2.19. The predicted octanol–water partition coefficient (Wildman–Crippen LogP) is 3.84. The van der Waals surface area contributed by atoms with Crippen LogP contribution in [0.1, 0.15) is 36.1 Å². The third kappa shape index (κ3) is 3.89. The minimum Gasteiger partial charge on any atom is -0.480 e. The predicted molar refractivity (Wildman–Crippen MR) is 83.7 cm³/mol. The quantitative estimate of drug-likeness (QED) is 0.881. The van der Waals surface area contributed by atoms with Crippen LogP contribution in [0, 0.1) is 6.92 Å². The van der Waals surface area contributed by atoms with E-state index < -0.39 is 5.97 Å². The molecular formula is C16H19NO3S. The van der Waals surface area contributed by atoms with Crippen LogP contribution in [0.25, 0.3) is 10.6 Å². The minimum absolute atomic E-state index is 0.262. The summed E-state index contributed by atoms with van der Waals surface area (Å²) < 4.78 is 5.33. The summed E-state index contributed by atoms with van der Waals surface area (Å²) in [4.78, 5) is 16.1. The van der Waals surface area contributed by atoms with Gasteiger partial charge in [0.2, 0.25) is 0 Å². The average Bonchev–Trinajstić information content (AvgIpc) is 2.87. The molecule has 0 spiro atoms. The molecule has 21 heavy (non-hydrogen) atoms. The topological polar surface area (TPSA) is 59.4 Å². The van der Waals surface area contributed by atoms with Crippen molar-refractivity contribution >= 4 is 17.3 Å². The molecule has 2 rings (SSSR count). The Hall–Kier alpha value is -1.72. The van der Waals surface area contributed by atoms with Gasteiger partial charge < -0.3 is 9.84 Å². The van der Waals surface area contributed by atoms with Gasteiger partial charge in [0, 0.05) is 5.56 Å². The third-order valence-corrected chi connectivity index (χ3v) is 4.64. The van der Waals surface area contributed by atoms with E-state index in [0.717, 1.165) is 27.6 Å². The number of hydrogen-bond acceptors (Lipinski definition) is 4. The Morgan fingerprint density at radius 2 is 2.05 bits per heavy atom. The maximum Gasteiger partial charge on any atom is 0.329 e. The fraction of sp³-hybridized carbons (Fsp3) is 0.375. The summed E-state index contributed by atoms with van der Waals surface area (Å²) >= 11 is 1.56. The molecule has 1 aromatic heterocycles. The highest BCUT2D eigenvalue weighted by atomic mass is 32.1. The van der Waals surface area contributed by atoms with E-state index in [1.165, 1.54) is 5.56 Å². The third-order valence-electron chi connectivity index (χ3n) is 3.27. The molecule has 0 aliphatic heterocycles. The Labute approximate surface area is 128 Å². The van der Waals surface area contributed by atoms with Gasteiger partial charge in [-0.3, -0.25) is 0 Å². The Morgan fingerprint density at radius 3 is 2.62 bits per heavy atom. The summed E-state index contributed by atoms with van der Waals surface area (Å²) in [6.07, 6.45) is 0.755. The Morgan fingerprint density at radius 1 is 1.38 bits per heavy atom. The fourth-order valence-electron chi connectivity index (χ4n) is 2.06. The van der Waals surface area contributed by atoms with Gasteiger partial charge in [-0.05, 0) is 25.8 Å². The van der Waals surface area contributed by atoms with Crippen molar-refractivity contribution in [2.24, 2.45) is 0 Å². The summed E-state index contributed by atoms with van der Waals surface area (Å²) in [5.41, 5.74) is 3.27. The van der Waals surface area contributed by atoms with Gasteiger partial charge >= 0.3 is 5.97 Å². The minimum atomic E-state index is -0.959. The number of ether oxygens (including phenoxy) is 1. The zero-order valence-corrected chi connectivity index (χ0v) is 13.2. The highest BCUT2D eigenvalue weighted by molar-refractivity contribution is 7.15. The first kappa shape index (κ1) is 15.7. The van der Waals surface area contributed by atoms with E-state index >= 15 is 0 Å². The number of carboxylic acids is 1. The van der Waals surface area contributed by atoms with Crippen LogP contribution < -0.4 is 0 Å². The number of carboxylic acid groups (broad SMARTS) is 1. The van der Waals surface area contributed by atoms with E-state index in [2.05, 4.69) is 36.2 Å². The Bertz CT molecular complexity index is 619. The lowest BCUT2D eigenvalue weighted by molar-refractivity contribution is -0.144. The molecule has 0 fully saturated rings. The first-order valence-electron chi connectivity index (χ1n) is 6.91. The first-order chi connectivity index (χ1) is 10.0. The van der Waals surface area contributed by atoms with E-state index in [4.69, 9.17) is 9.84 Å². The number of aryl methyl sites for hydroxylation is 2. The molecule has 1 aromatic carbocycles. The molecule has 0 saturated carbocycles. The fourth-order valence-corrected chi connectivity index (χ4v) is 3.14. The molecule has 0 aliphatic carbocycles. The van der Waals surface area contributed by atoms with E-state index in [0.29, 0.717) is 0 Å². The van der Waals surface area contributed by atoms with Crippen molar-refractivity contribution in [2.45, 2.75) is 33.3 Å². The molecule has 2 aromatic rings. The largest absolute Gasteiger partial charge is 0.480 e. The van der Waals surface area contributed by atoms with Crippen molar-refractivity contribution < 1.29 is 14.6 Å². The van der Waals surface area contributed by atoms with Crippen molar-refractivity contribution in [2.75, 3.05) is 6.61 Å². The van der Waals surface area contributed by atoms with Gasteiger partial charge in [0.15, 0.2) is 0 Å². The zero-order valence-electron chi connectivity index (χ0n) is 12.4. The van der Waals surface area contributed by atoms with E-state index in [-0.39, 0.29) is 12.7 Å². The molecule has 1 atom stereocenters. The van der Waals surface area contributed by atoms with Gasteiger partial charge in [-0.15, -0.1) is 11.3 Å². The molecule has 0 aliphatic rings. The van der Waals surface area contributed by atoms with Crippen LogP contribution in [0.2, 0.25) is 0 Å². The van der Waals surface area contributed by atoms with E-state index in [1.54, 1.807) is 11.3 Å². The van der Waals surface area contributed by atoms with Crippen LogP contribution in [-0.2, 0) is 16.0 Å². The standard InChI is InChI=1S/C16H19NO3S/c1-4-12-5-7-13(8-6-12)16-17-10(2)15(21-16)11(3)20-9-14(18)19/h5-8,11H,4,9H2,1-3H3,(H,18,19). The normalized spacial score (nSPS) is 12.3. The smallest absolute Gasteiger partial charge is 0.329 e. The van der Waals surface area contributed by atoms with Crippen LogP contribution >= 0.6 is 11.3 Å². The van der Waals surface area contributed by atoms with Gasteiger partial charge in [0.25, 0.3) is 0 Å². The summed E-state index contributed by atoms with van der Waals surface area (Å²) in [5.74, 6) is -0.959. The molecule has 1 N–H and O–H groups in total. The van der Waals surface area contributed by atoms with E-state index in [9.17, 15) is 4.79 Å². The second-order valence-corrected chi connectivity index (χ2v) is 5.90. The first-order valence-corrected chi connectivity index (χ1v) is 7.73. The van der Waals surface area contributed by atoms with Gasteiger partial charge in [0.1, 0.15) is 11.6 Å².